The number of rotatable bonds is 3. The maximum Gasteiger partial charge on any atom is 0.243 e. The van der Waals surface area contributed by atoms with Crippen LogP contribution < -0.4 is 0 Å². The third kappa shape index (κ3) is 3.28. The van der Waals surface area contributed by atoms with Crippen molar-refractivity contribution >= 4 is 11.7 Å². The number of benzene rings is 1. The molecule has 1 amide bonds. The average Bonchev–Trinajstić information content (AvgIpc) is 3.13. The predicted octanol–water partition coefficient (Wildman–Crippen LogP) is 3.47. The minimum absolute atomic E-state index is 0.143. The van der Waals surface area contributed by atoms with E-state index in [0.717, 1.165) is 31.0 Å². The summed E-state index contributed by atoms with van der Waals surface area (Å²) >= 11 is 0. The van der Waals surface area contributed by atoms with Crippen molar-refractivity contribution < 1.29 is 18.4 Å². The largest absolute Gasteiger partial charge is 0.341 e. The maximum atomic E-state index is 13.8. The number of halogens is 2. The van der Waals surface area contributed by atoms with Gasteiger partial charge in [-0.3, -0.25) is 9.59 Å². The van der Waals surface area contributed by atoms with E-state index in [4.69, 9.17) is 0 Å². The number of piperidine rings is 1. The van der Waals surface area contributed by atoms with Crippen molar-refractivity contribution in [2.75, 3.05) is 13.1 Å². The number of nitriles is 1. The van der Waals surface area contributed by atoms with Gasteiger partial charge in [-0.25, -0.2) is 8.78 Å². The normalized spacial score (nSPS) is 20.3. The van der Waals surface area contributed by atoms with Crippen LogP contribution in [0.25, 0.3) is 0 Å². The van der Waals surface area contributed by atoms with Gasteiger partial charge in [0.15, 0.2) is 5.78 Å². The molecule has 25 heavy (non-hydrogen) atoms. The Labute approximate surface area is 145 Å². The van der Waals surface area contributed by atoms with Gasteiger partial charge in [0, 0.05) is 19.0 Å². The molecular formula is C19H20F2N2O2. The Morgan fingerprint density at radius 1 is 1.16 bits per heavy atom. The Morgan fingerprint density at radius 3 is 2.40 bits per heavy atom. The maximum absolute atomic E-state index is 13.8. The molecular weight excluding hydrogens is 326 g/mol. The number of hydrogen-bond acceptors (Lipinski definition) is 3. The van der Waals surface area contributed by atoms with Gasteiger partial charge >= 0.3 is 0 Å². The summed E-state index contributed by atoms with van der Waals surface area (Å²) in [4.78, 5) is 26.8. The van der Waals surface area contributed by atoms with Gasteiger partial charge in [0.2, 0.25) is 5.91 Å². The number of ketones is 1. The molecule has 1 aliphatic heterocycles. The average molecular weight is 346 g/mol. The lowest BCUT2D eigenvalue weighted by Gasteiger charge is -2.35. The smallest absolute Gasteiger partial charge is 0.243 e. The zero-order chi connectivity index (χ0) is 18.0. The Morgan fingerprint density at radius 2 is 1.80 bits per heavy atom. The van der Waals surface area contributed by atoms with Crippen molar-refractivity contribution in [2.45, 2.75) is 38.5 Å². The standard InChI is InChI=1S/C19H20F2N2O2/c20-14-3-4-16(21)15(11-14)17(24)13-5-9-23(10-6-13)18(25)19(12-22)7-1-2-8-19/h3-4,11,13H,1-2,5-10H2. The third-order valence-electron chi connectivity index (χ3n) is 5.43. The van der Waals surface area contributed by atoms with Crippen LogP contribution in [0.4, 0.5) is 8.78 Å². The highest BCUT2D eigenvalue weighted by atomic mass is 19.1. The van der Waals surface area contributed by atoms with E-state index >= 15 is 0 Å². The van der Waals surface area contributed by atoms with Crippen LogP contribution in [0.5, 0.6) is 0 Å². The highest BCUT2D eigenvalue weighted by Crippen LogP contribution is 2.40. The van der Waals surface area contributed by atoms with Crippen LogP contribution in [0.1, 0.15) is 48.9 Å². The zero-order valence-electron chi connectivity index (χ0n) is 13.9. The van der Waals surface area contributed by atoms with Crippen molar-refractivity contribution in [2.24, 2.45) is 11.3 Å². The molecule has 0 bridgehead atoms. The molecule has 3 rings (SSSR count). The molecule has 0 N–H and O–H groups in total. The van der Waals surface area contributed by atoms with Crippen molar-refractivity contribution in [3.8, 4) is 6.07 Å². The molecule has 132 valence electrons. The summed E-state index contributed by atoms with van der Waals surface area (Å²) in [6.45, 7) is 0.741. The van der Waals surface area contributed by atoms with Crippen molar-refractivity contribution in [3.05, 3.63) is 35.4 Å². The number of amides is 1. The summed E-state index contributed by atoms with van der Waals surface area (Å²) in [7, 11) is 0. The molecule has 1 aromatic rings. The first kappa shape index (κ1) is 17.5. The second-order valence-corrected chi connectivity index (χ2v) is 6.96. The first-order valence-electron chi connectivity index (χ1n) is 8.67. The molecule has 0 aromatic heterocycles. The molecule has 0 spiro atoms. The first-order valence-corrected chi connectivity index (χ1v) is 8.67. The van der Waals surface area contributed by atoms with Crippen LogP contribution in [0, 0.1) is 34.3 Å². The van der Waals surface area contributed by atoms with E-state index in [0.29, 0.717) is 38.8 Å². The van der Waals surface area contributed by atoms with Gasteiger partial charge in [-0.2, -0.15) is 5.26 Å². The second kappa shape index (κ2) is 6.91. The molecule has 1 saturated carbocycles. The fourth-order valence-electron chi connectivity index (χ4n) is 3.91. The molecule has 6 heteroatoms. The van der Waals surface area contributed by atoms with E-state index in [1.54, 1.807) is 4.90 Å². The van der Waals surface area contributed by atoms with Gasteiger partial charge in [0.05, 0.1) is 11.6 Å². The molecule has 2 aliphatic rings. The summed E-state index contributed by atoms with van der Waals surface area (Å²) in [5, 5.41) is 9.43. The lowest BCUT2D eigenvalue weighted by Crippen LogP contribution is -2.46. The van der Waals surface area contributed by atoms with E-state index in [-0.39, 0.29) is 11.5 Å². The monoisotopic (exact) mass is 346 g/mol. The number of Topliss-reactive ketones (excluding diaryl/α,β-unsaturated/α-hetero) is 1. The van der Waals surface area contributed by atoms with Gasteiger partial charge in [0.25, 0.3) is 0 Å². The van der Waals surface area contributed by atoms with Crippen LogP contribution >= 0.6 is 0 Å². The van der Waals surface area contributed by atoms with Gasteiger partial charge in [-0.1, -0.05) is 12.8 Å². The lowest BCUT2D eigenvalue weighted by atomic mass is 9.84. The van der Waals surface area contributed by atoms with Crippen LogP contribution in [0.3, 0.4) is 0 Å². The Bertz CT molecular complexity index is 727. The minimum atomic E-state index is -0.911. The van der Waals surface area contributed by atoms with E-state index in [1.165, 1.54) is 0 Å². The second-order valence-electron chi connectivity index (χ2n) is 6.96. The van der Waals surface area contributed by atoms with E-state index < -0.39 is 28.8 Å². The van der Waals surface area contributed by atoms with Crippen molar-refractivity contribution in [1.82, 2.24) is 4.90 Å². The van der Waals surface area contributed by atoms with E-state index in [1.807, 2.05) is 0 Å². The Kier molecular flexibility index (Phi) is 4.85. The predicted molar refractivity (Wildman–Crippen MR) is 86.5 cm³/mol. The first-order chi connectivity index (χ1) is 12.0. The molecule has 1 heterocycles. The fraction of sp³-hybridized carbons (Fsp3) is 0.526. The SMILES string of the molecule is N#CC1(C(=O)N2CCC(C(=O)c3cc(F)ccc3F)CC2)CCCC1. The van der Waals surface area contributed by atoms with Crippen LogP contribution in [0.2, 0.25) is 0 Å². The van der Waals surface area contributed by atoms with E-state index in [2.05, 4.69) is 6.07 Å². The van der Waals surface area contributed by atoms with Crippen molar-refractivity contribution in [1.29, 1.82) is 5.26 Å². The van der Waals surface area contributed by atoms with Crippen molar-refractivity contribution in [3.63, 3.8) is 0 Å². The summed E-state index contributed by atoms with van der Waals surface area (Å²) in [6.07, 6.45) is 3.76. The molecule has 1 saturated heterocycles. The van der Waals surface area contributed by atoms with Gasteiger partial charge in [-0.15, -0.1) is 0 Å². The van der Waals surface area contributed by atoms with Gasteiger partial charge < -0.3 is 4.90 Å². The van der Waals surface area contributed by atoms with Gasteiger partial charge in [0.1, 0.15) is 17.0 Å². The molecule has 4 nitrogen and oxygen atoms in total. The number of carbonyl (C=O) groups is 2. The highest BCUT2D eigenvalue weighted by molar-refractivity contribution is 5.98. The number of carbonyl (C=O) groups excluding carboxylic acids is 2. The molecule has 1 aliphatic carbocycles. The molecule has 0 radical (unpaired) electrons. The lowest BCUT2D eigenvalue weighted by molar-refractivity contribution is -0.140. The molecule has 1 aromatic carbocycles. The number of hydrogen-bond donors (Lipinski definition) is 0. The Hall–Kier alpha value is -2.29. The third-order valence-corrected chi connectivity index (χ3v) is 5.43. The molecule has 2 fully saturated rings. The molecule has 0 atom stereocenters. The molecule has 0 unspecified atom stereocenters. The number of likely N-dealkylation sites (tertiary alicyclic amines) is 1. The quantitative estimate of drug-likeness (QED) is 0.788. The van der Waals surface area contributed by atoms with Gasteiger partial charge in [-0.05, 0) is 43.9 Å². The van der Waals surface area contributed by atoms with E-state index in [9.17, 15) is 23.6 Å². The van der Waals surface area contributed by atoms with Crippen LogP contribution in [-0.2, 0) is 4.79 Å². The topological polar surface area (TPSA) is 61.2 Å². The minimum Gasteiger partial charge on any atom is -0.341 e. The zero-order valence-corrected chi connectivity index (χ0v) is 13.9. The summed E-state index contributed by atoms with van der Waals surface area (Å²) in [5.41, 5.74) is -1.14. The van der Waals surface area contributed by atoms with Crippen LogP contribution in [0.15, 0.2) is 18.2 Å². The highest BCUT2D eigenvalue weighted by Gasteiger charge is 2.45. The van der Waals surface area contributed by atoms with Crippen LogP contribution in [-0.4, -0.2) is 29.7 Å². The summed E-state index contributed by atoms with van der Waals surface area (Å²) < 4.78 is 27.1. The number of nitrogens with zero attached hydrogens (tertiary/aromatic N) is 2. The summed E-state index contributed by atoms with van der Waals surface area (Å²) in [6, 6.07) is 5.07. The fourth-order valence-corrected chi connectivity index (χ4v) is 3.91. The Balaban J connectivity index is 1.66. The summed E-state index contributed by atoms with van der Waals surface area (Å²) in [5.74, 6) is -2.36.